The Hall–Kier alpha value is -2.71. The largest absolute Gasteiger partial charge is 0.393 e. The first-order valence-corrected chi connectivity index (χ1v) is 11.6. The predicted octanol–water partition coefficient (Wildman–Crippen LogP) is 4.06. The second-order valence-corrected chi connectivity index (χ2v) is 8.99. The number of imidazole rings is 1. The molecule has 7 nitrogen and oxygen atoms in total. The lowest BCUT2D eigenvalue weighted by Crippen LogP contribution is -2.43. The zero-order chi connectivity index (χ0) is 22.0. The van der Waals surface area contributed by atoms with E-state index in [0.29, 0.717) is 6.04 Å². The molecular formula is C23H31N7S. The highest BCUT2D eigenvalue weighted by atomic mass is 32.1. The average molecular weight is 438 g/mol. The number of aromatic nitrogens is 4. The quantitative estimate of drug-likeness (QED) is 0.543. The molecule has 3 aromatic heterocycles. The van der Waals surface area contributed by atoms with Crippen molar-refractivity contribution in [2.24, 2.45) is 0 Å². The van der Waals surface area contributed by atoms with Crippen LogP contribution in [0, 0.1) is 6.92 Å². The van der Waals surface area contributed by atoms with Gasteiger partial charge in [0.15, 0.2) is 21.4 Å². The van der Waals surface area contributed by atoms with Crippen LogP contribution in [0.15, 0.2) is 31.1 Å². The summed E-state index contributed by atoms with van der Waals surface area (Å²) in [6, 6.07) is 2.67. The van der Waals surface area contributed by atoms with Gasteiger partial charge in [0.25, 0.3) is 0 Å². The summed E-state index contributed by atoms with van der Waals surface area (Å²) in [5.41, 5.74) is 4.78. The minimum absolute atomic E-state index is 0.553. The fraction of sp³-hybridized carbons (Fsp3) is 0.435. The van der Waals surface area contributed by atoms with Gasteiger partial charge in [0.1, 0.15) is 5.69 Å². The fourth-order valence-electron chi connectivity index (χ4n) is 4.19. The number of fused-ring (bicyclic) bond motifs is 1. The first-order valence-electron chi connectivity index (χ1n) is 10.8. The van der Waals surface area contributed by atoms with Gasteiger partial charge in [-0.25, -0.2) is 9.97 Å². The number of allylic oxidation sites excluding steroid dienone is 2. The summed E-state index contributed by atoms with van der Waals surface area (Å²) >= 11 is 1.66. The molecule has 4 rings (SSSR count). The Morgan fingerprint density at radius 1 is 1.39 bits per heavy atom. The molecule has 2 N–H and O–H groups in total. The third-order valence-electron chi connectivity index (χ3n) is 5.92. The Kier molecular flexibility index (Phi) is 6.38. The summed E-state index contributed by atoms with van der Waals surface area (Å²) in [7, 11) is 4.07. The van der Waals surface area contributed by atoms with Crippen molar-refractivity contribution in [1.29, 1.82) is 0 Å². The van der Waals surface area contributed by atoms with Crippen LogP contribution in [0.3, 0.4) is 0 Å². The van der Waals surface area contributed by atoms with Crippen molar-refractivity contribution in [1.82, 2.24) is 30.2 Å². The van der Waals surface area contributed by atoms with Crippen LogP contribution in [0.2, 0.25) is 0 Å². The molecule has 0 bridgehead atoms. The molecule has 0 radical (unpaired) electrons. The molecule has 0 atom stereocenters. The smallest absolute Gasteiger partial charge is 0.189 e. The summed E-state index contributed by atoms with van der Waals surface area (Å²) in [4.78, 5) is 23.6. The van der Waals surface area contributed by atoms with E-state index in [-0.39, 0.29) is 0 Å². The van der Waals surface area contributed by atoms with Gasteiger partial charge in [-0.05, 0) is 64.0 Å². The number of aryl methyl sites for hydroxylation is 1. The number of piperidine rings is 1. The summed E-state index contributed by atoms with van der Waals surface area (Å²) < 4.78 is 0. The molecule has 3 aromatic rings. The molecule has 0 amide bonds. The number of hydrogen-bond acceptors (Lipinski definition) is 7. The summed E-state index contributed by atoms with van der Waals surface area (Å²) in [5, 5.41) is 4.11. The highest BCUT2D eigenvalue weighted by Crippen LogP contribution is 2.33. The second-order valence-electron chi connectivity index (χ2n) is 8.04. The molecule has 31 heavy (non-hydrogen) atoms. The molecule has 1 aliphatic rings. The van der Waals surface area contributed by atoms with E-state index in [2.05, 4.69) is 58.6 Å². The van der Waals surface area contributed by atoms with Crippen molar-refractivity contribution in [3.05, 3.63) is 42.2 Å². The number of nitrogens with zero attached hydrogens (tertiary/aromatic N) is 5. The summed E-state index contributed by atoms with van der Waals surface area (Å²) in [6.45, 7) is 11.4. The van der Waals surface area contributed by atoms with Gasteiger partial charge in [-0.3, -0.25) is 4.98 Å². The van der Waals surface area contributed by atoms with Crippen LogP contribution >= 0.6 is 11.3 Å². The van der Waals surface area contributed by atoms with E-state index in [0.717, 1.165) is 63.5 Å². The first-order chi connectivity index (χ1) is 15.0. The lowest BCUT2D eigenvalue weighted by Gasteiger charge is -2.36. The lowest BCUT2D eigenvalue weighted by atomic mass is 10.0. The number of pyridine rings is 1. The third kappa shape index (κ3) is 4.36. The van der Waals surface area contributed by atoms with Gasteiger partial charge >= 0.3 is 0 Å². The molecule has 0 aromatic carbocycles. The fourth-order valence-corrected chi connectivity index (χ4v) is 5.22. The van der Waals surface area contributed by atoms with Crippen molar-refractivity contribution in [2.75, 3.05) is 38.6 Å². The average Bonchev–Trinajstić information content (AvgIpc) is 3.33. The minimum Gasteiger partial charge on any atom is -0.393 e. The van der Waals surface area contributed by atoms with Gasteiger partial charge in [-0.1, -0.05) is 24.0 Å². The maximum Gasteiger partial charge on any atom is 0.189 e. The standard InChI is InChI=1S/C23H31N7S/c1-6-16(13-24-4)17-12-15(3)19(25-14-17)20-26-21-22(27-20)31-23(28-21)30(7-2)18-8-10-29(5)11-9-18/h6,12-14,18,24H,1,7-11H2,2-5H3,(H,26,27)/b16-13+. The molecule has 1 saturated heterocycles. The van der Waals surface area contributed by atoms with Gasteiger partial charge in [0.2, 0.25) is 0 Å². The molecule has 164 valence electrons. The van der Waals surface area contributed by atoms with Crippen molar-refractivity contribution in [3.8, 4) is 11.5 Å². The van der Waals surface area contributed by atoms with Crippen molar-refractivity contribution < 1.29 is 0 Å². The first kappa shape index (κ1) is 21.5. The van der Waals surface area contributed by atoms with Crippen LogP contribution in [0.5, 0.6) is 0 Å². The number of likely N-dealkylation sites (tertiary alicyclic amines) is 1. The number of rotatable bonds is 7. The van der Waals surface area contributed by atoms with Crippen molar-refractivity contribution in [3.63, 3.8) is 0 Å². The topological polar surface area (TPSA) is 73.0 Å². The Morgan fingerprint density at radius 2 is 2.16 bits per heavy atom. The van der Waals surface area contributed by atoms with Gasteiger partial charge in [-0.2, -0.15) is 0 Å². The predicted molar refractivity (Wildman–Crippen MR) is 131 cm³/mol. The Labute approximate surface area is 187 Å². The van der Waals surface area contributed by atoms with Crippen molar-refractivity contribution >= 4 is 32.5 Å². The second kappa shape index (κ2) is 9.20. The Balaban J connectivity index is 1.59. The number of nitrogens with one attached hydrogen (secondary N) is 2. The highest BCUT2D eigenvalue weighted by Gasteiger charge is 2.25. The highest BCUT2D eigenvalue weighted by molar-refractivity contribution is 7.21. The number of hydrogen-bond donors (Lipinski definition) is 2. The van der Waals surface area contributed by atoms with Gasteiger partial charge in [0, 0.05) is 37.6 Å². The number of thiazole rings is 1. The van der Waals surface area contributed by atoms with E-state index < -0.39 is 0 Å². The molecule has 8 heteroatoms. The Bertz CT molecular complexity index is 1060. The zero-order valence-corrected chi connectivity index (χ0v) is 19.6. The monoisotopic (exact) mass is 437 g/mol. The van der Waals surface area contributed by atoms with E-state index in [4.69, 9.17) is 9.97 Å². The maximum absolute atomic E-state index is 4.89. The van der Waals surface area contributed by atoms with Crippen LogP contribution in [-0.4, -0.2) is 64.6 Å². The SMILES string of the molecule is C=C/C(=C\NC)c1cnc(-c2nc3sc(N(CC)C4CCN(C)CC4)nc3[nH]2)c(C)c1. The van der Waals surface area contributed by atoms with E-state index in [9.17, 15) is 0 Å². The molecule has 0 spiro atoms. The molecule has 1 aliphatic heterocycles. The minimum atomic E-state index is 0.553. The molecular weight excluding hydrogens is 406 g/mol. The molecule has 4 heterocycles. The Morgan fingerprint density at radius 3 is 2.77 bits per heavy atom. The lowest BCUT2D eigenvalue weighted by molar-refractivity contribution is 0.250. The number of H-pyrrole nitrogens is 1. The van der Waals surface area contributed by atoms with E-state index >= 15 is 0 Å². The van der Waals surface area contributed by atoms with Gasteiger partial charge in [-0.15, -0.1) is 0 Å². The van der Waals surface area contributed by atoms with E-state index in [1.807, 2.05) is 25.5 Å². The van der Waals surface area contributed by atoms with Gasteiger partial charge in [0.05, 0.1) is 0 Å². The van der Waals surface area contributed by atoms with Crippen LogP contribution in [-0.2, 0) is 0 Å². The van der Waals surface area contributed by atoms with Crippen LogP contribution in [0.4, 0.5) is 5.13 Å². The van der Waals surface area contributed by atoms with Gasteiger partial charge < -0.3 is 20.1 Å². The zero-order valence-electron chi connectivity index (χ0n) is 18.8. The van der Waals surface area contributed by atoms with Crippen molar-refractivity contribution in [2.45, 2.75) is 32.7 Å². The number of aromatic amines is 1. The van der Waals surface area contributed by atoms with Crippen LogP contribution < -0.4 is 10.2 Å². The van der Waals surface area contributed by atoms with Crippen LogP contribution in [0.1, 0.15) is 30.9 Å². The summed E-state index contributed by atoms with van der Waals surface area (Å²) in [6.07, 6.45) is 7.97. The molecule has 1 fully saturated rings. The maximum atomic E-state index is 4.89. The number of anilines is 1. The van der Waals surface area contributed by atoms with E-state index in [1.54, 1.807) is 11.3 Å². The normalized spacial score (nSPS) is 16.1. The summed E-state index contributed by atoms with van der Waals surface area (Å²) in [5.74, 6) is 0.768. The van der Waals surface area contributed by atoms with Crippen LogP contribution in [0.25, 0.3) is 27.6 Å². The van der Waals surface area contributed by atoms with E-state index in [1.165, 1.54) is 12.8 Å². The molecule has 0 aliphatic carbocycles. The molecule has 0 saturated carbocycles. The third-order valence-corrected chi connectivity index (χ3v) is 6.91. The molecule has 0 unspecified atom stereocenters.